The first kappa shape index (κ1) is 59.3. The van der Waals surface area contributed by atoms with E-state index in [4.69, 9.17) is 29.0 Å². The molecule has 7 N–H and O–H groups in total. The van der Waals surface area contributed by atoms with E-state index in [-0.39, 0.29) is 25.1 Å². The lowest BCUT2D eigenvalue weighted by Crippen LogP contribution is -2.36. The SMILES string of the molecule is CC/C=C\C/C=C\C/C=C\C/C=C\C/C=C\C=C/C(O)CCC(=O)O[C@H](COC(=O)CCCCCCCCC(C)C)COP(=O)(O)OP(=O)(O)OC[C@H]1O[C@@H](n2ccc(N)nc2=O)[C@H](O)[C@@H]1O. The molecule has 0 spiro atoms. The van der Waals surface area contributed by atoms with Gasteiger partial charge in [-0.25, -0.2) is 13.9 Å². The number of esters is 2. The molecule has 0 amide bonds. The van der Waals surface area contributed by atoms with Crippen molar-refractivity contribution in [2.24, 2.45) is 5.92 Å². The fourth-order valence-electron chi connectivity index (χ4n) is 6.25. The zero-order valence-corrected chi connectivity index (χ0v) is 40.7. The molecule has 0 aliphatic carbocycles. The number of hydrogen-bond donors (Lipinski definition) is 6. The van der Waals surface area contributed by atoms with Crippen LogP contribution in [0, 0.1) is 5.92 Å². The molecule has 3 unspecified atom stereocenters. The molecule has 1 aliphatic rings. The van der Waals surface area contributed by atoms with Gasteiger partial charge in [0.1, 0.15) is 30.7 Å². The fourth-order valence-corrected chi connectivity index (χ4v) is 8.36. The third-order valence-electron chi connectivity index (χ3n) is 9.85. The molecule has 1 saturated heterocycles. The van der Waals surface area contributed by atoms with Crippen molar-refractivity contribution in [3.8, 4) is 0 Å². The number of aliphatic hydroxyl groups is 3. The van der Waals surface area contributed by atoms with E-state index in [1.54, 1.807) is 12.2 Å². The van der Waals surface area contributed by atoms with Gasteiger partial charge in [0.25, 0.3) is 0 Å². The lowest BCUT2D eigenvalue weighted by molar-refractivity contribution is -0.161. The van der Waals surface area contributed by atoms with Crippen LogP contribution >= 0.6 is 15.6 Å². The van der Waals surface area contributed by atoms with Crippen molar-refractivity contribution < 1.29 is 71.4 Å². The van der Waals surface area contributed by atoms with Crippen LogP contribution in [0.4, 0.5) is 5.82 Å². The van der Waals surface area contributed by atoms with Gasteiger partial charge < -0.3 is 45.1 Å². The summed E-state index contributed by atoms with van der Waals surface area (Å²) in [5.41, 5.74) is 4.55. The summed E-state index contributed by atoms with van der Waals surface area (Å²) in [6, 6.07) is 1.23. The number of aliphatic hydroxyl groups excluding tert-OH is 3. The number of phosphoric acid groups is 2. The van der Waals surface area contributed by atoms with E-state index in [9.17, 15) is 48.6 Å². The van der Waals surface area contributed by atoms with Crippen LogP contribution in [0.15, 0.2) is 90.0 Å². The van der Waals surface area contributed by atoms with Crippen LogP contribution in [0.3, 0.4) is 0 Å². The maximum absolute atomic E-state index is 12.8. The Labute approximate surface area is 394 Å². The zero-order valence-electron chi connectivity index (χ0n) is 38.9. The van der Waals surface area contributed by atoms with E-state index in [2.05, 4.69) is 72.6 Å². The number of aromatic nitrogens is 2. The number of hydrogen-bond acceptors (Lipinski definition) is 16. The second-order valence-electron chi connectivity index (χ2n) is 16.2. The predicted octanol–water partition coefficient (Wildman–Crippen LogP) is 7.38. The average molecular weight is 986 g/mol. The van der Waals surface area contributed by atoms with Crippen molar-refractivity contribution in [1.82, 2.24) is 9.55 Å². The number of unbranched alkanes of at least 4 members (excludes halogenated alkanes) is 5. The zero-order chi connectivity index (χ0) is 49.5. The number of nitrogen functional groups attached to an aromatic ring is 1. The number of anilines is 1. The highest BCUT2D eigenvalue weighted by Gasteiger charge is 2.46. The molecule has 0 aromatic carbocycles. The first-order valence-electron chi connectivity index (χ1n) is 22.9. The predicted molar refractivity (Wildman–Crippen MR) is 253 cm³/mol. The molecule has 2 heterocycles. The topological polar surface area (TPSA) is 286 Å². The number of phosphoric ester groups is 2. The molecule has 1 fully saturated rings. The number of rotatable bonds is 35. The van der Waals surface area contributed by atoms with Crippen LogP contribution in [0.2, 0.25) is 0 Å². The summed E-state index contributed by atoms with van der Waals surface area (Å²) in [5, 5.41) is 31.2. The third-order valence-corrected chi connectivity index (χ3v) is 12.5. The second kappa shape index (κ2) is 33.6. The van der Waals surface area contributed by atoms with Gasteiger partial charge in [-0.05, 0) is 56.9 Å². The molecule has 21 heteroatoms. The fraction of sp³-hybridized carbons (Fsp3) is 0.609. The molecule has 1 aromatic heterocycles. The van der Waals surface area contributed by atoms with Gasteiger partial charge >= 0.3 is 33.3 Å². The van der Waals surface area contributed by atoms with E-state index in [1.165, 1.54) is 18.6 Å². The number of carbonyl (C=O) groups is 2. The maximum atomic E-state index is 12.8. The van der Waals surface area contributed by atoms with Crippen molar-refractivity contribution in [3.05, 3.63) is 95.7 Å². The summed E-state index contributed by atoms with van der Waals surface area (Å²) in [7, 11) is -10.9. The van der Waals surface area contributed by atoms with Gasteiger partial charge in [0.05, 0.1) is 19.3 Å². The van der Waals surface area contributed by atoms with Gasteiger partial charge in [0, 0.05) is 19.0 Å². The van der Waals surface area contributed by atoms with Gasteiger partial charge in [-0.1, -0.05) is 132 Å². The Bertz CT molecular complexity index is 1930. The molecule has 67 heavy (non-hydrogen) atoms. The molecule has 0 radical (unpaired) electrons. The summed E-state index contributed by atoms with van der Waals surface area (Å²) in [5.74, 6) is -0.953. The molecule has 1 aromatic rings. The lowest BCUT2D eigenvalue weighted by Gasteiger charge is -2.21. The Morgan fingerprint density at radius 2 is 1.40 bits per heavy atom. The van der Waals surface area contributed by atoms with Gasteiger partial charge in [0.15, 0.2) is 12.3 Å². The molecule has 19 nitrogen and oxygen atoms in total. The van der Waals surface area contributed by atoms with Crippen LogP contribution in [-0.4, -0.2) is 96.9 Å². The van der Waals surface area contributed by atoms with Gasteiger partial charge in [-0.15, -0.1) is 0 Å². The molecule has 0 saturated carbocycles. The van der Waals surface area contributed by atoms with Gasteiger partial charge in [-0.2, -0.15) is 9.29 Å². The highest BCUT2D eigenvalue weighted by atomic mass is 31.3. The van der Waals surface area contributed by atoms with Crippen molar-refractivity contribution >= 4 is 33.4 Å². The van der Waals surface area contributed by atoms with E-state index < -0.39 is 89.8 Å². The Kier molecular flexibility index (Phi) is 29.7. The summed E-state index contributed by atoms with van der Waals surface area (Å²) >= 11 is 0. The van der Waals surface area contributed by atoms with E-state index in [0.717, 1.165) is 68.6 Å². The minimum Gasteiger partial charge on any atom is -0.462 e. The number of nitrogens with two attached hydrogens (primary N) is 1. The summed E-state index contributed by atoms with van der Waals surface area (Å²) in [6.45, 7) is 3.94. The van der Waals surface area contributed by atoms with Crippen LogP contribution in [0.5, 0.6) is 0 Å². The number of nitrogens with zero attached hydrogens (tertiary/aromatic N) is 2. The largest absolute Gasteiger partial charge is 0.481 e. The van der Waals surface area contributed by atoms with Crippen LogP contribution in [-0.2, 0) is 46.3 Å². The molecule has 8 atom stereocenters. The third kappa shape index (κ3) is 27.7. The molecule has 378 valence electrons. The van der Waals surface area contributed by atoms with Crippen LogP contribution < -0.4 is 11.4 Å². The minimum absolute atomic E-state index is 0.0533. The molecular weight excluding hydrogens is 912 g/mol. The smallest absolute Gasteiger partial charge is 0.462 e. The van der Waals surface area contributed by atoms with E-state index in [0.29, 0.717) is 18.8 Å². The first-order chi connectivity index (χ1) is 31.9. The van der Waals surface area contributed by atoms with E-state index in [1.807, 2.05) is 12.2 Å². The number of carbonyl (C=O) groups excluding carboxylic acids is 2. The Hall–Kier alpha value is -3.84. The van der Waals surface area contributed by atoms with Crippen molar-refractivity contribution in [3.63, 3.8) is 0 Å². The highest BCUT2D eigenvalue weighted by Crippen LogP contribution is 2.60. The average Bonchev–Trinajstić information content (AvgIpc) is 3.54. The van der Waals surface area contributed by atoms with Gasteiger partial charge in [-0.3, -0.25) is 23.2 Å². The van der Waals surface area contributed by atoms with Crippen molar-refractivity contribution in [2.75, 3.05) is 25.6 Å². The monoisotopic (exact) mass is 985 g/mol. The standard InChI is InChI=1S/C46H73N3O16P2/c1-4-5-6-7-8-9-10-11-12-13-14-15-16-17-21-24-27-37(50)29-30-42(52)63-38(33-60-41(51)28-25-22-19-18-20-23-26-36(2)3)34-61-66(56,57)65-67(58,59)62-35-39-43(53)44(54)45(64-39)49-32-31-40(47)48-46(49)55/h5-6,8-9,11-12,14-15,17,21,24,27,31-32,36-39,43-45,50,53-54H,4,7,10,13,16,18-20,22-23,25-26,28-30,33-35H2,1-3H3,(H,56,57)(H,58,59)(H2,47,48,55)/b6-5-,9-8-,12-11-,15-14-,21-17-,27-24-/t37?,38-,39-,43-,44-,45-/m1/s1. The Balaban J connectivity index is 1.89. The number of allylic oxidation sites excluding steroid dienone is 11. The summed E-state index contributed by atoms with van der Waals surface area (Å²) in [6.07, 6.45) is 26.6. The van der Waals surface area contributed by atoms with Crippen molar-refractivity contribution in [2.45, 2.75) is 154 Å². The number of ether oxygens (including phenoxy) is 3. The van der Waals surface area contributed by atoms with Gasteiger partial charge in [0.2, 0.25) is 0 Å². The quantitative estimate of drug-likeness (QED) is 0.0127. The maximum Gasteiger partial charge on any atom is 0.481 e. The second-order valence-corrected chi connectivity index (χ2v) is 19.2. The molecule has 2 rings (SSSR count). The minimum atomic E-state index is -5.48. The van der Waals surface area contributed by atoms with Crippen LogP contribution in [0.25, 0.3) is 0 Å². The summed E-state index contributed by atoms with van der Waals surface area (Å²) < 4.78 is 56.3. The first-order valence-corrected chi connectivity index (χ1v) is 25.9. The Morgan fingerprint density at radius 1 is 0.806 bits per heavy atom. The molecule has 1 aliphatic heterocycles. The highest BCUT2D eigenvalue weighted by molar-refractivity contribution is 7.61. The van der Waals surface area contributed by atoms with Crippen LogP contribution in [0.1, 0.15) is 123 Å². The Morgan fingerprint density at radius 3 is 2.03 bits per heavy atom. The molecular formula is C46H73N3O16P2. The molecule has 0 bridgehead atoms. The van der Waals surface area contributed by atoms with Crippen molar-refractivity contribution in [1.29, 1.82) is 0 Å². The normalized spacial score (nSPS) is 20.8. The van der Waals surface area contributed by atoms with E-state index >= 15 is 0 Å². The summed E-state index contributed by atoms with van der Waals surface area (Å²) in [4.78, 5) is 61.6. The lowest BCUT2D eigenvalue weighted by atomic mass is 10.0.